The Labute approximate surface area is 88.1 Å². The van der Waals surface area contributed by atoms with E-state index in [-0.39, 0.29) is 66.1 Å². The summed E-state index contributed by atoms with van der Waals surface area (Å²) >= 11 is 2.92. The summed E-state index contributed by atoms with van der Waals surface area (Å²) in [6.45, 7) is 0. The van der Waals surface area contributed by atoms with Crippen LogP contribution in [0, 0.1) is 10.5 Å². The van der Waals surface area contributed by atoms with Crippen LogP contribution in [0.2, 0.25) is 0 Å². The third kappa shape index (κ3) is 31.1. The maximum absolute atomic E-state index is 4.79. The quantitative estimate of drug-likeness (QED) is 0.284. The molecule has 0 atom stereocenters. The molecule has 5 heteroatoms. The van der Waals surface area contributed by atoms with Gasteiger partial charge in [-0.25, -0.2) is 0 Å². The second kappa shape index (κ2) is 24.2. The summed E-state index contributed by atoms with van der Waals surface area (Å²) in [5, 5.41) is 0. The van der Waals surface area contributed by atoms with Gasteiger partial charge in [-0.2, -0.15) is 6.42 Å². The molecule has 34 valence electrons. The summed E-state index contributed by atoms with van der Waals surface area (Å²) in [6.07, 6.45) is 4.79. The van der Waals surface area contributed by atoms with Crippen molar-refractivity contribution in [3.05, 3.63) is 0 Å². The topological polar surface area (TPSA) is 0 Å². The molecule has 0 aliphatic heterocycles. The fourth-order valence-corrected chi connectivity index (χ4v) is 0. The van der Waals surface area contributed by atoms with Gasteiger partial charge >= 0.3 is 41.2 Å². The molecule has 0 unspecified atom stereocenters. The molecule has 0 N–H and O–H groups in total. The van der Waals surface area contributed by atoms with Gasteiger partial charge in [0.1, 0.15) is 0 Å². The van der Waals surface area contributed by atoms with Crippen LogP contribution < -0.4 is 24.8 Å². The predicted octanol–water partition coefficient (Wildman–Crippen LogP) is -5.78. The number of hydrogen-bond acceptors (Lipinski definition) is 0. The van der Waals surface area contributed by atoms with E-state index in [9.17, 15) is 0 Å². The molecule has 0 aliphatic rings. The van der Waals surface area contributed by atoms with Crippen molar-refractivity contribution >= 4 is 54.1 Å². The largest absolute Gasteiger partial charge is 2.00 e. The first-order valence-electron chi connectivity index (χ1n) is 0.909. The van der Waals surface area contributed by atoms with Crippen LogP contribution in [0.3, 0.4) is 0 Å². The van der Waals surface area contributed by atoms with Gasteiger partial charge in [0.2, 0.25) is 0 Å². The summed E-state index contributed by atoms with van der Waals surface area (Å²) in [6, 6.07) is 0. The van der Waals surface area contributed by atoms with Crippen molar-refractivity contribution < 1.29 is 24.8 Å². The minimum absolute atomic E-state index is 0. The zero-order valence-corrected chi connectivity index (χ0v) is 9.55. The van der Waals surface area contributed by atoms with Crippen LogP contribution in [0.25, 0.3) is 0 Å². The van der Waals surface area contributed by atoms with Crippen LogP contribution in [-0.4, -0.2) is 41.2 Å². The summed E-state index contributed by atoms with van der Waals surface area (Å²) in [5.74, 6) is 0. The van der Waals surface area contributed by atoms with E-state index in [1.54, 1.807) is 0 Å². The van der Waals surface area contributed by atoms with Crippen molar-refractivity contribution in [1.29, 1.82) is 0 Å². The van der Waals surface area contributed by atoms with E-state index in [1.807, 2.05) is 0 Å². The van der Waals surface area contributed by atoms with Gasteiger partial charge in [0.15, 0.2) is 0 Å². The molecule has 7 heavy (non-hydrogen) atoms. The molecule has 0 radical (unpaired) electrons. The van der Waals surface area contributed by atoms with Crippen molar-refractivity contribution in [3.63, 3.8) is 0 Å². The maximum atomic E-state index is 4.79. The van der Waals surface area contributed by atoms with E-state index in [4.69, 9.17) is 6.42 Å². The fraction of sp³-hybridized carbons (Fsp3) is 0. The first-order chi connectivity index (χ1) is 1.91. The Bertz CT molecular complexity index is 43.4. The van der Waals surface area contributed by atoms with Crippen LogP contribution in [0.1, 0.15) is 0 Å². The average Bonchev–Trinajstić information content (AvgIpc) is 1.37. The molecule has 0 aliphatic carbocycles. The molecule has 0 aromatic rings. The second-order valence-corrected chi connectivity index (χ2v) is 2.70. The van der Waals surface area contributed by atoms with Gasteiger partial charge in [-0.1, -0.05) is 0 Å². The summed E-state index contributed by atoms with van der Waals surface area (Å²) in [5.41, 5.74) is 0. The van der Waals surface area contributed by atoms with E-state index in [0.29, 0.717) is 0 Å². The standard InChI is InChI=1S/C2H.BrH.2ClH.2Mg/c1-2;;;;;/h1H;3*1H;;/q;;;;+1;+2/p-3. The SMILES string of the molecule is C#[C][Mg][Br].[Cl-].[Cl-].[Mg+2]. The summed E-state index contributed by atoms with van der Waals surface area (Å²) < 4.78 is 2.49. The van der Waals surface area contributed by atoms with Crippen LogP contribution in [0.5, 0.6) is 0 Å². The van der Waals surface area contributed by atoms with Crippen molar-refractivity contribution in [1.82, 2.24) is 0 Å². The Morgan fingerprint density at radius 1 is 1.43 bits per heavy atom. The Morgan fingerprint density at radius 2 is 1.57 bits per heavy atom. The zero-order chi connectivity index (χ0) is 3.41. The van der Waals surface area contributed by atoms with Gasteiger partial charge in [0.25, 0.3) is 0 Å². The molecule has 0 spiro atoms. The van der Waals surface area contributed by atoms with Crippen LogP contribution in [-0.2, 0) is 0 Å². The third-order valence-corrected chi connectivity index (χ3v) is 1.20. The molecule has 0 bridgehead atoms. The predicted molar refractivity (Wildman–Crippen MR) is 29.3 cm³/mol. The van der Waals surface area contributed by atoms with Crippen LogP contribution in [0.4, 0.5) is 0 Å². The smallest absolute Gasteiger partial charge is 1.00 e. The number of halogens is 3. The normalized spacial score (nSPS) is 1.71. The van der Waals surface area contributed by atoms with Crippen LogP contribution in [0.15, 0.2) is 0 Å². The molecule has 0 amide bonds. The Hall–Kier alpha value is 2.15. The van der Waals surface area contributed by atoms with Crippen molar-refractivity contribution in [2.24, 2.45) is 0 Å². The van der Waals surface area contributed by atoms with Crippen molar-refractivity contribution in [2.75, 3.05) is 0 Å². The van der Waals surface area contributed by atoms with E-state index in [0.717, 1.165) is 0 Å². The minimum atomic E-state index is -0.235. The Morgan fingerprint density at radius 3 is 1.57 bits per heavy atom. The van der Waals surface area contributed by atoms with E-state index in [1.165, 1.54) is 0 Å². The third-order valence-electron chi connectivity index (χ3n) is 0.0772. The van der Waals surface area contributed by atoms with Gasteiger partial charge in [-0.3, -0.25) is 16.9 Å². The molecule has 0 aromatic carbocycles. The van der Waals surface area contributed by atoms with E-state index in [2.05, 4.69) is 16.9 Å². The number of hydrogen-bond donors (Lipinski definition) is 0. The van der Waals surface area contributed by atoms with Gasteiger partial charge in [0.05, 0.1) is 0 Å². The summed E-state index contributed by atoms with van der Waals surface area (Å²) in [7, 11) is 0. The maximum Gasteiger partial charge on any atom is 2.00 e. The molecule has 0 aromatic heterocycles. The molecule has 0 fully saturated rings. The molecule has 0 rings (SSSR count). The molecule has 0 heterocycles. The second-order valence-electron chi connectivity index (χ2n) is 0.338. The average molecular weight is 224 g/mol. The van der Waals surface area contributed by atoms with Gasteiger partial charge in [-0.05, 0) is 0 Å². The first-order valence-corrected chi connectivity index (χ1v) is 5.52. The van der Waals surface area contributed by atoms with Gasteiger partial charge < -0.3 is 24.8 Å². The molecule has 0 saturated heterocycles. The first kappa shape index (κ1) is 22.9. The van der Waals surface area contributed by atoms with Gasteiger partial charge in [-0.15, -0.1) is 0 Å². The molecule has 0 nitrogen and oxygen atoms in total. The van der Waals surface area contributed by atoms with Gasteiger partial charge in [0, 0.05) is 0 Å². The Balaban J connectivity index is -0.0000000150. The van der Waals surface area contributed by atoms with E-state index < -0.39 is 0 Å². The zero-order valence-electron chi connectivity index (χ0n) is 3.63. The molecule has 0 saturated carbocycles. The number of rotatable bonds is 0. The Kier molecular flexibility index (Phi) is 79.2. The number of terminal acetylenes is 1. The summed E-state index contributed by atoms with van der Waals surface area (Å²) in [4.78, 5) is 0. The monoisotopic (exact) mass is 222 g/mol. The molecular formula is C2HBrCl2Mg2. The molecular weight excluding hydrogens is 223 g/mol. The van der Waals surface area contributed by atoms with Crippen molar-refractivity contribution in [3.8, 4) is 10.5 Å². The van der Waals surface area contributed by atoms with Crippen LogP contribution >= 0.6 is 12.9 Å². The fourth-order valence-electron chi connectivity index (χ4n) is 0. The minimum Gasteiger partial charge on any atom is -1.00 e. The van der Waals surface area contributed by atoms with E-state index >= 15 is 0 Å². The van der Waals surface area contributed by atoms with Crippen molar-refractivity contribution in [2.45, 2.75) is 0 Å².